The van der Waals surface area contributed by atoms with Crippen LogP contribution in [0.1, 0.15) is 36.5 Å². The molecular weight excluding hydrogens is 376 g/mol. The third-order valence-corrected chi connectivity index (χ3v) is 4.51. The topological polar surface area (TPSA) is 108 Å². The Labute approximate surface area is 162 Å². The minimum Gasteiger partial charge on any atom is -0.493 e. The van der Waals surface area contributed by atoms with Crippen molar-refractivity contribution in [2.24, 2.45) is 5.73 Å². The molecule has 1 aliphatic rings. The van der Waals surface area contributed by atoms with E-state index >= 15 is 0 Å². The molecule has 0 aliphatic carbocycles. The summed E-state index contributed by atoms with van der Waals surface area (Å²) in [5.74, 6) is -1.15. The SMILES string of the molecule is CCOc1c(Cl)cc(C(=O)OCC(=O)N2CCCC[C@@H]2C(N)=O)cc1OC. The van der Waals surface area contributed by atoms with Crippen molar-refractivity contribution in [3.8, 4) is 11.5 Å². The first-order valence-corrected chi connectivity index (χ1v) is 9.03. The fourth-order valence-electron chi connectivity index (χ4n) is 2.94. The van der Waals surface area contributed by atoms with Gasteiger partial charge in [-0.05, 0) is 38.3 Å². The molecule has 2 amide bonds. The second-order valence-corrected chi connectivity index (χ2v) is 6.41. The summed E-state index contributed by atoms with van der Waals surface area (Å²) >= 11 is 6.14. The maximum atomic E-state index is 12.3. The number of benzene rings is 1. The predicted octanol–water partition coefficient (Wildman–Crippen LogP) is 1.77. The molecule has 1 aromatic rings. The van der Waals surface area contributed by atoms with E-state index in [2.05, 4.69) is 0 Å². The van der Waals surface area contributed by atoms with Crippen LogP contribution in [0.4, 0.5) is 0 Å². The Morgan fingerprint density at radius 3 is 2.67 bits per heavy atom. The van der Waals surface area contributed by atoms with Crippen molar-refractivity contribution in [3.63, 3.8) is 0 Å². The highest BCUT2D eigenvalue weighted by Crippen LogP contribution is 2.36. The van der Waals surface area contributed by atoms with Gasteiger partial charge >= 0.3 is 5.97 Å². The van der Waals surface area contributed by atoms with Gasteiger partial charge < -0.3 is 24.8 Å². The molecule has 1 aromatic carbocycles. The van der Waals surface area contributed by atoms with Crippen molar-refractivity contribution in [2.75, 3.05) is 26.9 Å². The van der Waals surface area contributed by atoms with E-state index < -0.39 is 30.4 Å². The van der Waals surface area contributed by atoms with Crippen molar-refractivity contribution >= 4 is 29.4 Å². The van der Waals surface area contributed by atoms with Crippen LogP contribution in [0.3, 0.4) is 0 Å². The van der Waals surface area contributed by atoms with Gasteiger partial charge in [0.15, 0.2) is 18.1 Å². The Kier molecular flexibility index (Phi) is 7.29. The van der Waals surface area contributed by atoms with E-state index in [4.69, 9.17) is 31.5 Å². The molecule has 0 spiro atoms. The van der Waals surface area contributed by atoms with Gasteiger partial charge in [0.05, 0.1) is 24.3 Å². The Morgan fingerprint density at radius 2 is 2.04 bits per heavy atom. The number of halogens is 1. The van der Waals surface area contributed by atoms with Gasteiger partial charge in [-0.3, -0.25) is 9.59 Å². The van der Waals surface area contributed by atoms with E-state index in [0.717, 1.165) is 12.8 Å². The standard InChI is InChI=1S/C18H23ClN2O6/c1-3-26-16-12(19)8-11(9-14(16)25-2)18(24)27-10-15(22)21-7-5-4-6-13(21)17(20)23/h8-9,13H,3-7,10H2,1-2H3,(H2,20,23)/t13-/m1/s1. The highest BCUT2D eigenvalue weighted by molar-refractivity contribution is 6.32. The number of amides is 2. The lowest BCUT2D eigenvalue weighted by molar-refractivity contribution is -0.143. The van der Waals surface area contributed by atoms with Gasteiger partial charge in [-0.15, -0.1) is 0 Å². The van der Waals surface area contributed by atoms with E-state index in [1.807, 2.05) is 0 Å². The molecule has 0 bridgehead atoms. The molecule has 1 atom stereocenters. The van der Waals surface area contributed by atoms with Crippen LogP contribution in [0.15, 0.2) is 12.1 Å². The molecule has 148 valence electrons. The lowest BCUT2D eigenvalue weighted by Gasteiger charge is -2.33. The molecule has 9 heteroatoms. The van der Waals surface area contributed by atoms with Gasteiger partial charge in [-0.25, -0.2) is 4.79 Å². The van der Waals surface area contributed by atoms with E-state index in [1.54, 1.807) is 6.92 Å². The maximum Gasteiger partial charge on any atom is 0.338 e. The average Bonchev–Trinajstić information content (AvgIpc) is 2.67. The lowest BCUT2D eigenvalue weighted by atomic mass is 10.0. The summed E-state index contributed by atoms with van der Waals surface area (Å²) in [6.45, 7) is 2.09. The van der Waals surface area contributed by atoms with Crippen molar-refractivity contribution in [1.29, 1.82) is 0 Å². The number of hydrogen-bond acceptors (Lipinski definition) is 6. The maximum absolute atomic E-state index is 12.3. The van der Waals surface area contributed by atoms with Crippen LogP contribution in [-0.2, 0) is 14.3 Å². The molecule has 0 unspecified atom stereocenters. The lowest BCUT2D eigenvalue weighted by Crippen LogP contribution is -2.51. The smallest absolute Gasteiger partial charge is 0.338 e. The molecule has 2 N–H and O–H groups in total. The first-order chi connectivity index (χ1) is 12.9. The highest BCUT2D eigenvalue weighted by Gasteiger charge is 2.31. The Morgan fingerprint density at radius 1 is 1.30 bits per heavy atom. The number of nitrogens with zero attached hydrogens (tertiary/aromatic N) is 1. The van der Waals surface area contributed by atoms with Gasteiger partial charge in [0.1, 0.15) is 6.04 Å². The number of piperidine rings is 1. The number of primary amides is 1. The van der Waals surface area contributed by atoms with E-state index in [0.29, 0.717) is 25.3 Å². The molecule has 1 heterocycles. The molecule has 0 aromatic heterocycles. The van der Waals surface area contributed by atoms with E-state index in [1.165, 1.54) is 24.1 Å². The molecule has 1 fully saturated rings. The van der Waals surface area contributed by atoms with Crippen LogP contribution in [0.2, 0.25) is 5.02 Å². The number of carbonyl (C=O) groups is 3. The molecule has 2 rings (SSSR count). The average molecular weight is 399 g/mol. The second kappa shape index (κ2) is 9.45. The van der Waals surface area contributed by atoms with Crippen LogP contribution in [0, 0.1) is 0 Å². The molecular formula is C18H23ClN2O6. The van der Waals surface area contributed by atoms with Gasteiger partial charge in [0.25, 0.3) is 5.91 Å². The van der Waals surface area contributed by atoms with Gasteiger partial charge in [-0.1, -0.05) is 11.6 Å². The second-order valence-electron chi connectivity index (χ2n) is 6.00. The van der Waals surface area contributed by atoms with Crippen LogP contribution in [-0.4, -0.2) is 55.6 Å². The molecule has 0 radical (unpaired) electrons. The summed E-state index contributed by atoms with van der Waals surface area (Å²) in [4.78, 5) is 37.5. The number of carbonyl (C=O) groups excluding carboxylic acids is 3. The predicted molar refractivity (Wildman–Crippen MR) is 98.0 cm³/mol. The first-order valence-electron chi connectivity index (χ1n) is 8.65. The van der Waals surface area contributed by atoms with E-state index in [9.17, 15) is 14.4 Å². The molecule has 1 aliphatic heterocycles. The van der Waals surface area contributed by atoms with Gasteiger partial charge in [0, 0.05) is 6.54 Å². The normalized spacial score (nSPS) is 16.6. The van der Waals surface area contributed by atoms with Crippen LogP contribution >= 0.6 is 11.6 Å². The number of nitrogens with two attached hydrogens (primary N) is 1. The molecule has 1 saturated heterocycles. The quantitative estimate of drug-likeness (QED) is 0.701. The van der Waals surface area contributed by atoms with Crippen LogP contribution in [0.5, 0.6) is 11.5 Å². The number of hydrogen-bond donors (Lipinski definition) is 1. The Bertz CT molecular complexity index is 724. The summed E-state index contributed by atoms with van der Waals surface area (Å²) in [6.07, 6.45) is 2.11. The zero-order chi connectivity index (χ0) is 20.0. The molecule has 0 saturated carbocycles. The Balaban J connectivity index is 2.05. The largest absolute Gasteiger partial charge is 0.493 e. The number of likely N-dealkylation sites (tertiary alicyclic amines) is 1. The Hall–Kier alpha value is -2.48. The number of esters is 1. The minimum absolute atomic E-state index is 0.123. The zero-order valence-corrected chi connectivity index (χ0v) is 16.1. The number of ether oxygens (including phenoxy) is 3. The van der Waals surface area contributed by atoms with Crippen molar-refractivity contribution in [1.82, 2.24) is 4.90 Å². The molecule has 27 heavy (non-hydrogen) atoms. The molecule has 8 nitrogen and oxygen atoms in total. The summed E-state index contributed by atoms with van der Waals surface area (Å²) < 4.78 is 15.7. The van der Waals surface area contributed by atoms with Gasteiger partial charge in [0.2, 0.25) is 5.91 Å². The first kappa shape index (κ1) is 20.8. The van der Waals surface area contributed by atoms with E-state index in [-0.39, 0.29) is 16.3 Å². The minimum atomic E-state index is -0.737. The summed E-state index contributed by atoms with van der Waals surface area (Å²) in [5.41, 5.74) is 5.47. The summed E-state index contributed by atoms with van der Waals surface area (Å²) in [6, 6.07) is 2.15. The fourth-order valence-corrected chi connectivity index (χ4v) is 3.21. The van der Waals surface area contributed by atoms with Crippen LogP contribution < -0.4 is 15.2 Å². The summed E-state index contributed by atoms with van der Waals surface area (Å²) in [7, 11) is 1.42. The summed E-state index contributed by atoms with van der Waals surface area (Å²) in [5, 5.41) is 0.194. The number of rotatable bonds is 7. The highest BCUT2D eigenvalue weighted by atomic mass is 35.5. The zero-order valence-electron chi connectivity index (χ0n) is 15.3. The number of methoxy groups -OCH3 is 1. The third kappa shape index (κ3) is 5.03. The monoisotopic (exact) mass is 398 g/mol. The van der Waals surface area contributed by atoms with Gasteiger partial charge in [-0.2, -0.15) is 0 Å². The van der Waals surface area contributed by atoms with Crippen molar-refractivity contribution < 1.29 is 28.6 Å². The van der Waals surface area contributed by atoms with Crippen molar-refractivity contribution in [3.05, 3.63) is 22.7 Å². The van der Waals surface area contributed by atoms with Crippen LogP contribution in [0.25, 0.3) is 0 Å². The van der Waals surface area contributed by atoms with Crippen molar-refractivity contribution in [2.45, 2.75) is 32.2 Å². The fraction of sp³-hybridized carbons (Fsp3) is 0.500. The third-order valence-electron chi connectivity index (χ3n) is 4.23.